The van der Waals surface area contributed by atoms with Gasteiger partial charge in [0.25, 0.3) is 0 Å². The first-order chi connectivity index (χ1) is 13.4. The molecule has 0 radical (unpaired) electrons. The van der Waals surface area contributed by atoms with Crippen LogP contribution in [0.4, 0.5) is 17.1 Å². The quantitative estimate of drug-likeness (QED) is 0.759. The van der Waals surface area contributed by atoms with E-state index in [1.165, 1.54) is 0 Å². The molecule has 2 rings (SSSR count). The fourth-order valence-electron chi connectivity index (χ4n) is 2.98. The molecule has 0 bridgehead atoms. The van der Waals surface area contributed by atoms with E-state index in [-0.39, 0.29) is 31.1 Å². The third-order valence-electron chi connectivity index (χ3n) is 4.34. The van der Waals surface area contributed by atoms with Crippen LogP contribution in [-0.2, 0) is 9.59 Å². The predicted molar refractivity (Wildman–Crippen MR) is 112 cm³/mol. The number of carbonyl (C=O) groups is 2. The number of aryl methyl sites for hydroxylation is 1. The number of amides is 2. The molecular weight excluding hydrogens is 352 g/mol. The van der Waals surface area contributed by atoms with Crippen molar-refractivity contribution in [2.75, 3.05) is 35.8 Å². The third kappa shape index (κ3) is 5.85. The van der Waals surface area contributed by atoms with Crippen LogP contribution in [-0.4, -0.2) is 32.5 Å². The lowest BCUT2D eigenvalue weighted by Gasteiger charge is -2.21. The normalized spacial score (nSPS) is 10.1. The molecule has 0 spiro atoms. The molecule has 2 aromatic carbocycles. The number of anilines is 3. The van der Waals surface area contributed by atoms with Crippen molar-refractivity contribution in [2.24, 2.45) is 0 Å². The summed E-state index contributed by atoms with van der Waals surface area (Å²) in [4.78, 5) is 28.5. The fraction of sp³-hybridized carbons (Fsp3) is 0.318. The largest absolute Gasteiger partial charge is 0.377 e. The summed E-state index contributed by atoms with van der Waals surface area (Å²) in [6, 6.07) is 17.0. The van der Waals surface area contributed by atoms with Gasteiger partial charge in [0.15, 0.2) is 0 Å². The second kappa shape index (κ2) is 10.1. The summed E-state index contributed by atoms with van der Waals surface area (Å²) in [6.45, 7) is 2.30. The molecule has 0 fully saturated rings. The molecule has 0 saturated heterocycles. The Morgan fingerprint density at radius 2 is 1.79 bits per heavy atom. The molecule has 1 N–H and O–H groups in total. The maximum Gasteiger partial charge on any atom is 0.227 e. The van der Waals surface area contributed by atoms with E-state index in [4.69, 9.17) is 5.26 Å². The number of hydrogen-bond acceptors (Lipinski definition) is 4. The molecule has 0 heterocycles. The van der Waals surface area contributed by atoms with Crippen molar-refractivity contribution in [1.82, 2.24) is 0 Å². The molecule has 2 amide bonds. The first kappa shape index (κ1) is 21.0. The minimum atomic E-state index is -0.210. The molecule has 146 valence electrons. The van der Waals surface area contributed by atoms with Crippen LogP contribution in [0.2, 0.25) is 0 Å². The number of hydrogen-bond donors (Lipinski definition) is 1. The number of para-hydroxylation sites is 1. The van der Waals surface area contributed by atoms with E-state index < -0.39 is 0 Å². The van der Waals surface area contributed by atoms with Crippen LogP contribution in [0.3, 0.4) is 0 Å². The summed E-state index contributed by atoms with van der Waals surface area (Å²) in [5.74, 6) is -0.380. The average molecular weight is 378 g/mol. The van der Waals surface area contributed by atoms with Crippen LogP contribution in [0.15, 0.2) is 48.5 Å². The first-order valence-electron chi connectivity index (χ1n) is 9.22. The first-order valence-corrected chi connectivity index (χ1v) is 9.22. The van der Waals surface area contributed by atoms with Gasteiger partial charge in [-0.1, -0.05) is 18.2 Å². The van der Waals surface area contributed by atoms with Gasteiger partial charge in [-0.05, 0) is 42.8 Å². The highest BCUT2D eigenvalue weighted by molar-refractivity contribution is 5.98. The molecule has 0 aliphatic heterocycles. The standard InChI is InChI=1S/C22H26N4O2/c1-17-16-18(10-11-20(17)25(2)3)24-21(27)12-13-22(28)26(15-7-14-23)19-8-5-4-6-9-19/h4-6,8-11,16H,7,12-13,15H2,1-3H3,(H,24,27). The second-order valence-electron chi connectivity index (χ2n) is 6.73. The molecule has 0 aliphatic carbocycles. The Bertz CT molecular complexity index is 857. The fourth-order valence-corrected chi connectivity index (χ4v) is 2.98. The monoisotopic (exact) mass is 378 g/mol. The molecule has 0 atom stereocenters. The highest BCUT2D eigenvalue weighted by Crippen LogP contribution is 2.22. The van der Waals surface area contributed by atoms with Crippen molar-refractivity contribution in [3.63, 3.8) is 0 Å². The predicted octanol–water partition coefficient (Wildman–Crippen LogP) is 3.73. The number of nitrogens with one attached hydrogen (secondary N) is 1. The maximum absolute atomic E-state index is 12.6. The van der Waals surface area contributed by atoms with E-state index in [2.05, 4.69) is 11.4 Å². The van der Waals surface area contributed by atoms with E-state index in [0.29, 0.717) is 12.2 Å². The lowest BCUT2D eigenvalue weighted by molar-refractivity contribution is -0.122. The van der Waals surface area contributed by atoms with E-state index >= 15 is 0 Å². The molecule has 6 nitrogen and oxygen atoms in total. The minimum Gasteiger partial charge on any atom is -0.377 e. The van der Waals surface area contributed by atoms with Gasteiger partial charge in [-0.15, -0.1) is 0 Å². The molecule has 28 heavy (non-hydrogen) atoms. The maximum atomic E-state index is 12.6. The van der Waals surface area contributed by atoms with Crippen molar-refractivity contribution in [2.45, 2.75) is 26.2 Å². The van der Waals surface area contributed by atoms with Crippen molar-refractivity contribution in [1.29, 1.82) is 5.26 Å². The van der Waals surface area contributed by atoms with Gasteiger partial charge in [-0.3, -0.25) is 9.59 Å². The molecule has 0 unspecified atom stereocenters. The van der Waals surface area contributed by atoms with Gasteiger partial charge in [0, 0.05) is 50.5 Å². The van der Waals surface area contributed by atoms with Gasteiger partial charge in [0.1, 0.15) is 0 Å². The lowest BCUT2D eigenvalue weighted by Crippen LogP contribution is -2.32. The minimum absolute atomic E-state index is 0.0842. The lowest BCUT2D eigenvalue weighted by atomic mass is 10.1. The second-order valence-corrected chi connectivity index (χ2v) is 6.73. The van der Waals surface area contributed by atoms with Crippen LogP contribution in [0.25, 0.3) is 0 Å². The van der Waals surface area contributed by atoms with Gasteiger partial charge in [0.05, 0.1) is 12.5 Å². The van der Waals surface area contributed by atoms with E-state index in [1.807, 2.05) is 74.4 Å². The zero-order valence-corrected chi connectivity index (χ0v) is 16.6. The van der Waals surface area contributed by atoms with E-state index in [1.54, 1.807) is 4.90 Å². The Balaban J connectivity index is 1.96. The van der Waals surface area contributed by atoms with Gasteiger partial charge in [-0.25, -0.2) is 0 Å². The SMILES string of the molecule is Cc1cc(NC(=O)CCC(=O)N(CCC#N)c2ccccc2)ccc1N(C)C. The number of nitrogens with zero attached hydrogens (tertiary/aromatic N) is 3. The highest BCUT2D eigenvalue weighted by atomic mass is 16.2. The van der Waals surface area contributed by atoms with Crippen molar-refractivity contribution < 1.29 is 9.59 Å². The van der Waals surface area contributed by atoms with Crippen LogP contribution in [0.5, 0.6) is 0 Å². The highest BCUT2D eigenvalue weighted by Gasteiger charge is 2.17. The Morgan fingerprint density at radius 1 is 1.07 bits per heavy atom. The van der Waals surface area contributed by atoms with Crippen LogP contribution >= 0.6 is 0 Å². The summed E-state index contributed by atoms with van der Waals surface area (Å²) >= 11 is 0. The van der Waals surface area contributed by atoms with Gasteiger partial charge in [-0.2, -0.15) is 5.26 Å². The Morgan fingerprint density at radius 3 is 2.39 bits per heavy atom. The van der Waals surface area contributed by atoms with Crippen LogP contribution in [0.1, 0.15) is 24.8 Å². The molecule has 6 heteroatoms. The number of nitriles is 1. The van der Waals surface area contributed by atoms with E-state index in [0.717, 1.165) is 16.9 Å². The van der Waals surface area contributed by atoms with Gasteiger partial charge < -0.3 is 15.1 Å². The Kier molecular flexibility index (Phi) is 7.58. The smallest absolute Gasteiger partial charge is 0.227 e. The summed E-state index contributed by atoms with van der Waals surface area (Å²) in [5, 5.41) is 11.7. The molecule has 0 saturated carbocycles. The third-order valence-corrected chi connectivity index (χ3v) is 4.34. The van der Waals surface area contributed by atoms with Crippen molar-refractivity contribution in [3.05, 3.63) is 54.1 Å². The average Bonchev–Trinajstić information content (AvgIpc) is 2.67. The van der Waals surface area contributed by atoms with Crippen molar-refractivity contribution in [3.8, 4) is 6.07 Å². The van der Waals surface area contributed by atoms with E-state index in [9.17, 15) is 9.59 Å². The van der Waals surface area contributed by atoms with Crippen LogP contribution < -0.4 is 15.1 Å². The van der Waals surface area contributed by atoms with Gasteiger partial charge >= 0.3 is 0 Å². The zero-order valence-electron chi connectivity index (χ0n) is 16.6. The molecule has 0 aromatic heterocycles. The topological polar surface area (TPSA) is 76.4 Å². The van der Waals surface area contributed by atoms with Crippen molar-refractivity contribution >= 4 is 28.9 Å². The van der Waals surface area contributed by atoms with Crippen LogP contribution in [0, 0.1) is 18.3 Å². The summed E-state index contributed by atoms with van der Waals surface area (Å²) in [5.41, 5.74) is 3.60. The Hall–Kier alpha value is -3.33. The zero-order chi connectivity index (χ0) is 20.5. The molecular formula is C22H26N4O2. The number of carbonyl (C=O) groups excluding carboxylic acids is 2. The summed E-state index contributed by atoms with van der Waals surface area (Å²) in [7, 11) is 3.94. The van der Waals surface area contributed by atoms with Gasteiger partial charge in [0.2, 0.25) is 11.8 Å². The Labute approximate surface area is 166 Å². The molecule has 2 aromatic rings. The summed E-state index contributed by atoms with van der Waals surface area (Å²) < 4.78 is 0. The number of benzene rings is 2. The number of rotatable bonds is 8. The molecule has 0 aliphatic rings. The summed E-state index contributed by atoms with van der Waals surface area (Å²) in [6.07, 6.45) is 0.411.